The van der Waals surface area contributed by atoms with Gasteiger partial charge in [-0.1, -0.05) is 55.4 Å². The summed E-state index contributed by atoms with van der Waals surface area (Å²) in [6.07, 6.45) is 0.239. The summed E-state index contributed by atoms with van der Waals surface area (Å²) in [6.45, 7) is 21.5. The van der Waals surface area contributed by atoms with E-state index in [9.17, 15) is 5.11 Å². The number of ether oxygens (including phenoxy) is 1. The standard InChI is InChI=1S/C17H36O2/c1-12(2)17(9,10)19-14(18)13(16(6,7)8)11-15(3,4)5/h12-14,18H,11H2,1-10H3. The summed E-state index contributed by atoms with van der Waals surface area (Å²) in [4.78, 5) is 0. The van der Waals surface area contributed by atoms with Crippen molar-refractivity contribution in [3.63, 3.8) is 0 Å². The molecule has 0 spiro atoms. The van der Waals surface area contributed by atoms with E-state index in [0.29, 0.717) is 5.92 Å². The van der Waals surface area contributed by atoms with Gasteiger partial charge >= 0.3 is 0 Å². The highest BCUT2D eigenvalue weighted by molar-refractivity contribution is 4.83. The molecular weight excluding hydrogens is 236 g/mol. The van der Waals surface area contributed by atoms with Gasteiger partial charge in [-0.05, 0) is 37.0 Å². The van der Waals surface area contributed by atoms with Crippen LogP contribution in [0.5, 0.6) is 0 Å². The normalized spacial score (nSPS) is 17.7. The molecular formula is C17H36O2. The monoisotopic (exact) mass is 272 g/mol. The van der Waals surface area contributed by atoms with Crippen molar-refractivity contribution in [3.8, 4) is 0 Å². The van der Waals surface area contributed by atoms with Crippen molar-refractivity contribution < 1.29 is 9.84 Å². The third-order valence-corrected chi connectivity index (χ3v) is 4.10. The number of aliphatic hydroxyl groups is 1. The fraction of sp³-hybridized carbons (Fsp3) is 1.00. The van der Waals surface area contributed by atoms with Crippen LogP contribution >= 0.6 is 0 Å². The van der Waals surface area contributed by atoms with E-state index in [2.05, 4.69) is 69.2 Å². The highest BCUT2D eigenvalue weighted by Gasteiger charge is 2.38. The zero-order valence-corrected chi connectivity index (χ0v) is 14.8. The summed E-state index contributed by atoms with van der Waals surface area (Å²) in [5, 5.41) is 10.6. The van der Waals surface area contributed by atoms with E-state index in [-0.39, 0.29) is 22.3 Å². The molecule has 0 radical (unpaired) electrons. The van der Waals surface area contributed by atoms with E-state index in [1.54, 1.807) is 0 Å². The van der Waals surface area contributed by atoms with Crippen LogP contribution in [0.4, 0.5) is 0 Å². The van der Waals surface area contributed by atoms with Gasteiger partial charge in [-0.3, -0.25) is 0 Å². The van der Waals surface area contributed by atoms with Gasteiger partial charge in [-0.25, -0.2) is 0 Å². The molecule has 19 heavy (non-hydrogen) atoms. The minimum atomic E-state index is -0.711. The predicted molar refractivity (Wildman–Crippen MR) is 83.0 cm³/mol. The molecule has 0 heterocycles. The van der Waals surface area contributed by atoms with E-state index in [1.165, 1.54) is 0 Å². The maximum Gasteiger partial charge on any atom is 0.158 e. The van der Waals surface area contributed by atoms with Crippen LogP contribution < -0.4 is 0 Å². The molecule has 0 aliphatic rings. The van der Waals surface area contributed by atoms with E-state index in [1.807, 2.05) is 0 Å². The van der Waals surface area contributed by atoms with Crippen LogP contribution in [-0.4, -0.2) is 17.0 Å². The Balaban J connectivity index is 4.99. The molecule has 0 aromatic rings. The number of aliphatic hydroxyl groups excluding tert-OH is 1. The van der Waals surface area contributed by atoms with Crippen LogP contribution in [0.2, 0.25) is 0 Å². The second-order valence-electron chi connectivity index (χ2n) is 9.00. The lowest BCUT2D eigenvalue weighted by Crippen LogP contribution is -2.43. The van der Waals surface area contributed by atoms with Gasteiger partial charge < -0.3 is 9.84 Å². The van der Waals surface area contributed by atoms with Crippen LogP contribution in [0.25, 0.3) is 0 Å². The Bertz CT molecular complexity index is 266. The van der Waals surface area contributed by atoms with Crippen molar-refractivity contribution in [2.24, 2.45) is 22.7 Å². The van der Waals surface area contributed by atoms with Gasteiger partial charge in [0, 0.05) is 5.92 Å². The molecule has 116 valence electrons. The van der Waals surface area contributed by atoms with Gasteiger partial charge in [0.15, 0.2) is 6.29 Å². The molecule has 2 heteroatoms. The van der Waals surface area contributed by atoms with Crippen molar-refractivity contribution in [2.45, 2.75) is 87.5 Å². The Kier molecular flexibility index (Phi) is 6.11. The molecule has 0 bridgehead atoms. The molecule has 0 aliphatic heterocycles. The quantitative estimate of drug-likeness (QED) is 0.725. The molecule has 0 amide bonds. The van der Waals surface area contributed by atoms with Crippen LogP contribution in [0.15, 0.2) is 0 Å². The highest BCUT2D eigenvalue weighted by Crippen LogP contribution is 2.40. The molecule has 0 aromatic heterocycles. The first kappa shape index (κ1) is 18.9. The Hall–Kier alpha value is -0.0800. The zero-order chi connectivity index (χ0) is 15.6. The zero-order valence-electron chi connectivity index (χ0n) is 14.8. The number of hydrogen-bond acceptors (Lipinski definition) is 2. The van der Waals surface area contributed by atoms with Crippen molar-refractivity contribution in [1.29, 1.82) is 0 Å². The fourth-order valence-corrected chi connectivity index (χ4v) is 2.02. The number of rotatable bonds is 5. The second kappa shape index (κ2) is 6.13. The Morgan fingerprint density at radius 2 is 1.32 bits per heavy atom. The van der Waals surface area contributed by atoms with Gasteiger partial charge in [0.05, 0.1) is 5.60 Å². The third kappa shape index (κ3) is 6.76. The molecule has 0 saturated carbocycles. The van der Waals surface area contributed by atoms with Crippen molar-refractivity contribution in [1.82, 2.24) is 0 Å². The van der Waals surface area contributed by atoms with E-state index >= 15 is 0 Å². The molecule has 2 unspecified atom stereocenters. The van der Waals surface area contributed by atoms with Gasteiger partial charge in [-0.2, -0.15) is 0 Å². The molecule has 2 atom stereocenters. The Labute approximate surface area is 120 Å². The fourth-order valence-electron chi connectivity index (χ4n) is 2.02. The molecule has 0 saturated heterocycles. The number of hydrogen-bond donors (Lipinski definition) is 1. The topological polar surface area (TPSA) is 29.5 Å². The SMILES string of the molecule is CC(C)C(C)(C)OC(O)C(CC(C)(C)C)C(C)(C)C. The smallest absolute Gasteiger partial charge is 0.158 e. The maximum absolute atomic E-state index is 10.6. The van der Waals surface area contributed by atoms with Crippen LogP contribution in [0.3, 0.4) is 0 Å². The minimum absolute atomic E-state index is 0.0275. The van der Waals surface area contributed by atoms with Crippen molar-refractivity contribution in [2.75, 3.05) is 0 Å². The minimum Gasteiger partial charge on any atom is -0.368 e. The van der Waals surface area contributed by atoms with Gasteiger partial charge in [0.25, 0.3) is 0 Å². The lowest BCUT2D eigenvalue weighted by Gasteiger charge is -2.42. The van der Waals surface area contributed by atoms with Gasteiger partial charge in [-0.15, -0.1) is 0 Å². The Morgan fingerprint density at radius 3 is 1.58 bits per heavy atom. The van der Waals surface area contributed by atoms with Gasteiger partial charge in [0.2, 0.25) is 0 Å². The maximum atomic E-state index is 10.6. The van der Waals surface area contributed by atoms with Crippen LogP contribution in [-0.2, 0) is 4.74 Å². The first-order chi connectivity index (χ1) is 8.17. The van der Waals surface area contributed by atoms with Crippen LogP contribution in [0, 0.1) is 22.7 Å². The lowest BCUT2D eigenvalue weighted by molar-refractivity contribution is -0.229. The van der Waals surface area contributed by atoms with E-state index < -0.39 is 6.29 Å². The predicted octanol–water partition coefficient (Wildman–Crippen LogP) is 4.85. The summed E-state index contributed by atoms with van der Waals surface area (Å²) in [6, 6.07) is 0. The molecule has 1 N–H and O–H groups in total. The molecule has 0 fully saturated rings. The molecule has 2 nitrogen and oxygen atoms in total. The van der Waals surface area contributed by atoms with Crippen molar-refractivity contribution in [3.05, 3.63) is 0 Å². The van der Waals surface area contributed by atoms with E-state index in [4.69, 9.17) is 4.74 Å². The second-order valence-corrected chi connectivity index (χ2v) is 9.00. The summed E-state index contributed by atoms with van der Waals surface area (Å²) < 4.78 is 5.99. The largest absolute Gasteiger partial charge is 0.368 e. The molecule has 0 aromatic carbocycles. The Morgan fingerprint density at radius 1 is 0.895 bits per heavy atom. The average molecular weight is 272 g/mol. The molecule has 0 rings (SSSR count). The molecule has 0 aliphatic carbocycles. The highest BCUT2D eigenvalue weighted by atomic mass is 16.6. The first-order valence-electron chi connectivity index (χ1n) is 7.53. The average Bonchev–Trinajstić information content (AvgIpc) is 2.09. The summed E-state index contributed by atoms with van der Waals surface area (Å²) in [5.74, 6) is 0.503. The van der Waals surface area contributed by atoms with Crippen molar-refractivity contribution >= 4 is 0 Å². The summed E-state index contributed by atoms with van der Waals surface area (Å²) >= 11 is 0. The first-order valence-corrected chi connectivity index (χ1v) is 7.53. The summed E-state index contributed by atoms with van der Waals surface area (Å²) in [7, 11) is 0. The summed E-state index contributed by atoms with van der Waals surface area (Å²) in [5.41, 5.74) is -0.0924. The van der Waals surface area contributed by atoms with Crippen LogP contribution in [0.1, 0.15) is 75.7 Å². The third-order valence-electron chi connectivity index (χ3n) is 4.10. The van der Waals surface area contributed by atoms with E-state index in [0.717, 1.165) is 6.42 Å². The lowest BCUT2D eigenvalue weighted by atomic mass is 9.71. The van der Waals surface area contributed by atoms with Gasteiger partial charge in [0.1, 0.15) is 0 Å².